The summed E-state index contributed by atoms with van der Waals surface area (Å²) >= 11 is 0. The van der Waals surface area contributed by atoms with E-state index in [1.807, 2.05) is 12.3 Å². The van der Waals surface area contributed by atoms with Crippen LogP contribution < -0.4 is 5.73 Å². The van der Waals surface area contributed by atoms with Crippen molar-refractivity contribution in [2.75, 3.05) is 32.8 Å². The second-order valence-corrected chi connectivity index (χ2v) is 4.77. The number of piperidine rings is 1. The van der Waals surface area contributed by atoms with E-state index in [2.05, 4.69) is 22.0 Å². The molecule has 0 saturated carbocycles. The number of nitrogens with two attached hydrogens (primary N) is 1. The molecule has 2 heterocycles. The molecule has 1 aliphatic heterocycles. The van der Waals surface area contributed by atoms with Crippen LogP contribution in [-0.4, -0.2) is 48.8 Å². The van der Waals surface area contributed by atoms with Gasteiger partial charge in [0.2, 0.25) is 0 Å². The fraction of sp³-hybridized carbons (Fsp3) is 0.643. The number of aromatic nitrogens is 1. The molecule has 1 saturated heterocycles. The van der Waals surface area contributed by atoms with Crippen molar-refractivity contribution >= 4 is 0 Å². The number of hydrogen-bond donors (Lipinski definition) is 1. The summed E-state index contributed by atoms with van der Waals surface area (Å²) in [7, 11) is 0. The van der Waals surface area contributed by atoms with Gasteiger partial charge in [-0.05, 0) is 25.0 Å². The molecule has 0 aliphatic carbocycles. The first kappa shape index (κ1) is 13.5. The molecule has 0 spiro atoms. The van der Waals surface area contributed by atoms with Crippen LogP contribution in [0.15, 0.2) is 24.4 Å². The van der Waals surface area contributed by atoms with Crippen LogP contribution in [0.5, 0.6) is 0 Å². The molecular formula is C14H23N3O. The summed E-state index contributed by atoms with van der Waals surface area (Å²) in [5.74, 6) is 0. The fourth-order valence-electron chi connectivity index (χ4n) is 2.35. The van der Waals surface area contributed by atoms with Crippen LogP contribution in [0.25, 0.3) is 0 Å². The van der Waals surface area contributed by atoms with Gasteiger partial charge in [-0.15, -0.1) is 0 Å². The molecule has 100 valence electrons. The Kier molecular flexibility index (Phi) is 5.58. The van der Waals surface area contributed by atoms with Crippen LogP contribution in [0.2, 0.25) is 0 Å². The lowest BCUT2D eigenvalue weighted by Gasteiger charge is -2.31. The minimum atomic E-state index is 0.416. The first-order valence-electron chi connectivity index (χ1n) is 6.82. The molecule has 0 radical (unpaired) electrons. The second kappa shape index (κ2) is 7.46. The zero-order chi connectivity index (χ0) is 12.6. The number of ether oxygens (including phenoxy) is 1. The minimum absolute atomic E-state index is 0.416. The molecule has 4 heteroatoms. The molecule has 4 nitrogen and oxygen atoms in total. The van der Waals surface area contributed by atoms with Crippen LogP contribution in [0.1, 0.15) is 18.5 Å². The van der Waals surface area contributed by atoms with Gasteiger partial charge in [0, 0.05) is 44.5 Å². The van der Waals surface area contributed by atoms with Crippen LogP contribution >= 0.6 is 0 Å². The molecule has 0 atom stereocenters. The van der Waals surface area contributed by atoms with Crippen LogP contribution in [-0.2, 0) is 11.2 Å². The first-order chi connectivity index (χ1) is 8.88. The molecule has 0 amide bonds. The maximum Gasteiger partial charge on any atom is 0.0600 e. The Balaban J connectivity index is 1.65. The van der Waals surface area contributed by atoms with E-state index in [-0.39, 0.29) is 0 Å². The molecular weight excluding hydrogens is 226 g/mol. The molecule has 18 heavy (non-hydrogen) atoms. The van der Waals surface area contributed by atoms with Gasteiger partial charge in [-0.3, -0.25) is 4.98 Å². The van der Waals surface area contributed by atoms with E-state index in [0.717, 1.165) is 38.9 Å². The van der Waals surface area contributed by atoms with E-state index in [0.29, 0.717) is 19.3 Å². The fourth-order valence-corrected chi connectivity index (χ4v) is 2.35. The van der Waals surface area contributed by atoms with Crippen molar-refractivity contribution in [2.45, 2.75) is 25.4 Å². The van der Waals surface area contributed by atoms with E-state index >= 15 is 0 Å². The zero-order valence-corrected chi connectivity index (χ0v) is 10.9. The Bertz CT molecular complexity index is 323. The quantitative estimate of drug-likeness (QED) is 0.819. The van der Waals surface area contributed by atoms with Crippen molar-refractivity contribution in [2.24, 2.45) is 5.73 Å². The van der Waals surface area contributed by atoms with Gasteiger partial charge in [0.25, 0.3) is 0 Å². The van der Waals surface area contributed by atoms with Gasteiger partial charge >= 0.3 is 0 Å². The van der Waals surface area contributed by atoms with Crippen molar-refractivity contribution in [3.05, 3.63) is 30.1 Å². The average molecular weight is 249 g/mol. The summed E-state index contributed by atoms with van der Waals surface area (Å²) in [5.41, 5.74) is 6.62. The highest BCUT2D eigenvalue weighted by molar-refractivity contribution is 5.03. The van der Waals surface area contributed by atoms with Gasteiger partial charge < -0.3 is 15.4 Å². The minimum Gasteiger partial charge on any atom is -0.377 e. The van der Waals surface area contributed by atoms with Gasteiger partial charge in [-0.25, -0.2) is 0 Å². The molecule has 1 aromatic heterocycles. The smallest absolute Gasteiger partial charge is 0.0600 e. The zero-order valence-electron chi connectivity index (χ0n) is 10.9. The van der Waals surface area contributed by atoms with E-state index in [4.69, 9.17) is 10.5 Å². The van der Waals surface area contributed by atoms with Gasteiger partial charge in [0.05, 0.1) is 12.7 Å². The van der Waals surface area contributed by atoms with Crippen molar-refractivity contribution in [3.8, 4) is 0 Å². The molecule has 0 bridgehead atoms. The lowest BCUT2D eigenvalue weighted by Crippen LogP contribution is -2.38. The summed E-state index contributed by atoms with van der Waals surface area (Å²) in [6.45, 7) is 4.67. The topological polar surface area (TPSA) is 51.4 Å². The van der Waals surface area contributed by atoms with Gasteiger partial charge in [0.1, 0.15) is 0 Å². The molecule has 0 unspecified atom stereocenters. The summed E-state index contributed by atoms with van der Waals surface area (Å²) in [6.07, 6.45) is 5.57. The SMILES string of the molecule is NCCOC1CCN(CCc2ccccn2)CC1. The third kappa shape index (κ3) is 4.37. The van der Waals surface area contributed by atoms with Crippen molar-refractivity contribution in [1.82, 2.24) is 9.88 Å². The molecule has 1 aromatic rings. The van der Waals surface area contributed by atoms with Crippen LogP contribution in [0, 0.1) is 0 Å². The Hall–Kier alpha value is -0.970. The summed E-state index contributed by atoms with van der Waals surface area (Å²) < 4.78 is 5.68. The van der Waals surface area contributed by atoms with E-state index in [1.54, 1.807) is 0 Å². The Morgan fingerprint density at radius 1 is 1.33 bits per heavy atom. The van der Waals surface area contributed by atoms with E-state index < -0.39 is 0 Å². The third-order valence-corrected chi connectivity index (χ3v) is 3.42. The largest absolute Gasteiger partial charge is 0.377 e. The van der Waals surface area contributed by atoms with Crippen molar-refractivity contribution in [3.63, 3.8) is 0 Å². The van der Waals surface area contributed by atoms with Gasteiger partial charge in [-0.2, -0.15) is 0 Å². The number of likely N-dealkylation sites (tertiary alicyclic amines) is 1. The second-order valence-electron chi connectivity index (χ2n) is 4.77. The predicted octanol–water partition coefficient (Wildman–Crippen LogP) is 1.06. The molecule has 2 rings (SSSR count). The Morgan fingerprint density at radius 2 is 2.17 bits per heavy atom. The maximum atomic E-state index is 5.68. The van der Waals surface area contributed by atoms with Gasteiger partial charge in [0.15, 0.2) is 0 Å². The van der Waals surface area contributed by atoms with E-state index in [9.17, 15) is 0 Å². The third-order valence-electron chi connectivity index (χ3n) is 3.42. The van der Waals surface area contributed by atoms with E-state index in [1.165, 1.54) is 5.69 Å². The maximum absolute atomic E-state index is 5.68. The average Bonchev–Trinajstić information content (AvgIpc) is 2.45. The lowest BCUT2D eigenvalue weighted by molar-refractivity contribution is 0.0117. The first-order valence-corrected chi connectivity index (χ1v) is 6.82. The van der Waals surface area contributed by atoms with Crippen molar-refractivity contribution < 1.29 is 4.74 Å². The van der Waals surface area contributed by atoms with Crippen molar-refractivity contribution in [1.29, 1.82) is 0 Å². The van der Waals surface area contributed by atoms with Gasteiger partial charge in [-0.1, -0.05) is 6.07 Å². The van der Waals surface area contributed by atoms with Crippen LogP contribution in [0.4, 0.5) is 0 Å². The number of hydrogen-bond acceptors (Lipinski definition) is 4. The standard InChI is InChI=1S/C14H23N3O/c15-7-12-18-14-5-10-17(11-6-14)9-4-13-3-1-2-8-16-13/h1-3,8,14H,4-7,9-12,15H2. The highest BCUT2D eigenvalue weighted by Crippen LogP contribution is 2.13. The number of rotatable bonds is 6. The summed E-state index contributed by atoms with van der Waals surface area (Å²) in [5, 5.41) is 0. The highest BCUT2D eigenvalue weighted by Gasteiger charge is 2.18. The Morgan fingerprint density at radius 3 is 2.83 bits per heavy atom. The lowest BCUT2D eigenvalue weighted by atomic mass is 10.1. The number of pyridine rings is 1. The van der Waals surface area contributed by atoms with Crippen LogP contribution in [0.3, 0.4) is 0 Å². The Labute approximate surface area is 109 Å². The normalized spacial score (nSPS) is 18.1. The highest BCUT2D eigenvalue weighted by atomic mass is 16.5. The predicted molar refractivity (Wildman–Crippen MR) is 72.4 cm³/mol. The monoisotopic (exact) mass is 249 g/mol. The summed E-state index contributed by atoms with van der Waals surface area (Å²) in [4.78, 5) is 6.85. The summed E-state index contributed by atoms with van der Waals surface area (Å²) in [6, 6.07) is 6.11. The molecule has 1 fully saturated rings. The molecule has 2 N–H and O–H groups in total. The molecule has 0 aromatic carbocycles. The number of nitrogens with zero attached hydrogens (tertiary/aromatic N) is 2. The molecule has 1 aliphatic rings.